The number of hydrogen-bond acceptors (Lipinski definition) is 3. The van der Waals surface area contributed by atoms with Crippen LogP contribution in [0.4, 0.5) is 4.79 Å². The van der Waals surface area contributed by atoms with E-state index >= 15 is 0 Å². The molecule has 0 spiro atoms. The van der Waals surface area contributed by atoms with Gasteiger partial charge in [-0.25, -0.2) is 13.2 Å². The van der Waals surface area contributed by atoms with Crippen LogP contribution >= 0.6 is 0 Å². The van der Waals surface area contributed by atoms with Crippen LogP contribution in [-0.2, 0) is 9.84 Å². The number of amides is 2. The molecule has 1 aliphatic rings. The Labute approximate surface area is 116 Å². The van der Waals surface area contributed by atoms with Crippen molar-refractivity contribution in [2.24, 2.45) is 0 Å². The van der Waals surface area contributed by atoms with Crippen molar-refractivity contribution in [2.75, 3.05) is 26.4 Å². The number of rotatable bonds is 4. The number of carbonyl (C=O) groups excluding carboxylic acids is 1. The number of carbonyl (C=O) groups is 1. The average molecular weight is 290 g/mol. The smallest absolute Gasteiger partial charge is 0.320 e. The Kier molecular flexibility index (Phi) is 5.64. The maximum absolute atomic E-state index is 12.3. The van der Waals surface area contributed by atoms with E-state index in [9.17, 15) is 13.2 Å². The van der Waals surface area contributed by atoms with E-state index in [4.69, 9.17) is 0 Å². The van der Waals surface area contributed by atoms with Crippen molar-refractivity contribution in [2.45, 2.75) is 50.8 Å². The van der Waals surface area contributed by atoms with E-state index in [1.165, 1.54) is 6.26 Å². The number of nitrogens with zero attached hydrogens (tertiary/aromatic N) is 2. The van der Waals surface area contributed by atoms with Crippen molar-refractivity contribution < 1.29 is 13.2 Å². The summed E-state index contributed by atoms with van der Waals surface area (Å²) in [6.45, 7) is 5.17. The fourth-order valence-electron chi connectivity index (χ4n) is 2.88. The summed E-state index contributed by atoms with van der Waals surface area (Å²) >= 11 is 0. The van der Waals surface area contributed by atoms with Gasteiger partial charge in [-0.2, -0.15) is 0 Å². The van der Waals surface area contributed by atoms with E-state index in [0.717, 1.165) is 19.3 Å². The minimum Gasteiger partial charge on any atom is -0.325 e. The molecule has 6 heteroatoms. The summed E-state index contributed by atoms with van der Waals surface area (Å²) in [6, 6.07) is -0.248. The van der Waals surface area contributed by atoms with Crippen molar-refractivity contribution in [1.82, 2.24) is 9.80 Å². The van der Waals surface area contributed by atoms with Gasteiger partial charge in [0.2, 0.25) is 0 Å². The zero-order valence-electron chi connectivity index (χ0n) is 12.4. The summed E-state index contributed by atoms with van der Waals surface area (Å²) in [6.07, 6.45) is 4.65. The molecule has 1 saturated carbocycles. The van der Waals surface area contributed by atoms with Crippen LogP contribution in [0.5, 0.6) is 0 Å². The highest BCUT2D eigenvalue weighted by Gasteiger charge is 2.37. The molecule has 19 heavy (non-hydrogen) atoms. The molecule has 112 valence electrons. The van der Waals surface area contributed by atoms with Gasteiger partial charge < -0.3 is 9.80 Å². The molecule has 0 N–H and O–H groups in total. The van der Waals surface area contributed by atoms with E-state index in [-0.39, 0.29) is 12.1 Å². The predicted octanol–water partition coefficient (Wildman–Crippen LogP) is 1.74. The second kappa shape index (κ2) is 6.59. The van der Waals surface area contributed by atoms with E-state index in [1.807, 2.05) is 13.8 Å². The van der Waals surface area contributed by atoms with Crippen molar-refractivity contribution >= 4 is 15.9 Å². The van der Waals surface area contributed by atoms with E-state index in [2.05, 4.69) is 0 Å². The molecule has 2 amide bonds. The van der Waals surface area contributed by atoms with E-state index in [1.54, 1.807) is 16.8 Å². The molecule has 0 aromatic heterocycles. The molecule has 0 unspecified atom stereocenters. The molecule has 0 aliphatic heterocycles. The monoisotopic (exact) mass is 290 g/mol. The molecule has 2 atom stereocenters. The number of urea groups is 1. The van der Waals surface area contributed by atoms with Gasteiger partial charge in [0, 0.05) is 32.4 Å². The van der Waals surface area contributed by atoms with Crippen LogP contribution in [-0.4, -0.2) is 61.9 Å². The summed E-state index contributed by atoms with van der Waals surface area (Å²) < 4.78 is 23.8. The molecule has 0 aromatic carbocycles. The molecule has 0 aromatic rings. The maximum Gasteiger partial charge on any atom is 0.320 e. The second-order valence-electron chi connectivity index (χ2n) is 5.29. The second-order valence-corrected chi connectivity index (χ2v) is 7.55. The molecule has 1 fully saturated rings. The number of sulfone groups is 1. The fourth-order valence-corrected chi connectivity index (χ4v) is 4.36. The zero-order valence-corrected chi connectivity index (χ0v) is 13.2. The Morgan fingerprint density at radius 1 is 1.16 bits per heavy atom. The highest BCUT2D eigenvalue weighted by atomic mass is 32.2. The summed E-state index contributed by atoms with van der Waals surface area (Å²) in [5, 5.41) is -0.411. The van der Waals surface area contributed by atoms with E-state index in [0.29, 0.717) is 19.5 Å². The maximum atomic E-state index is 12.3. The Morgan fingerprint density at radius 3 is 2.16 bits per heavy atom. The molecular formula is C13H26N2O3S. The Balaban J connectivity index is 2.89. The van der Waals surface area contributed by atoms with Crippen LogP contribution in [0, 0.1) is 0 Å². The molecular weight excluding hydrogens is 264 g/mol. The van der Waals surface area contributed by atoms with Crippen LogP contribution in [0.1, 0.15) is 39.5 Å². The van der Waals surface area contributed by atoms with Gasteiger partial charge in [-0.15, -0.1) is 0 Å². The fraction of sp³-hybridized carbons (Fsp3) is 0.923. The van der Waals surface area contributed by atoms with Crippen molar-refractivity contribution in [3.05, 3.63) is 0 Å². The van der Waals surface area contributed by atoms with Gasteiger partial charge in [0.05, 0.1) is 5.25 Å². The van der Waals surface area contributed by atoms with Crippen LogP contribution in [0.15, 0.2) is 0 Å². The Hall–Kier alpha value is -0.780. The van der Waals surface area contributed by atoms with Gasteiger partial charge in [-0.1, -0.05) is 12.8 Å². The zero-order chi connectivity index (χ0) is 14.6. The number of hydrogen-bond donors (Lipinski definition) is 0. The molecule has 0 saturated heterocycles. The summed E-state index contributed by atoms with van der Waals surface area (Å²) in [4.78, 5) is 15.7. The average Bonchev–Trinajstić information content (AvgIpc) is 2.38. The third kappa shape index (κ3) is 3.84. The molecule has 5 nitrogen and oxygen atoms in total. The van der Waals surface area contributed by atoms with Crippen molar-refractivity contribution in [3.63, 3.8) is 0 Å². The first-order chi connectivity index (χ1) is 8.82. The Bertz CT molecular complexity index is 404. The third-order valence-electron chi connectivity index (χ3n) is 4.05. The topological polar surface area (TPSA) is 57.7 Å². The van der Waals surface area contributed by atoms with E-state index < -0.39 is 15.1 Å². The Morgan fingerprint density at radius 2 is 1.68 bits per heavy atom. The lowest BCUT2D eigenvalue weighted by molar-refractivity contribution is 0.139. The minimum absolute atomic E-state index is 0.0643. The molecule has 1 aliphatic carbocycles. The van der Waals surface area contributed by atoms with Gasteiger partial charge in [0.25, 0.3) is 0 Å². The third-order valence-corrected chi connectivity index (χ3v) is 5.70. The van der Waals surface area contributed by atoms with Gasteiger partial charge >= 0.3 is 6.03 Å². The quantitative estimate of drug-likeness (QED) is 0.792. The molecule has 1 rings (SSSR count). The summed E-state index contributed by atoms with van der Waals surface area (Å²) in [5.74, 6) is 0. The summed E-state index contributed by atoms with van der Waals surface area (Å²) in [5.41, 5.74) is 0. The SMILES string of the molecule is CCN(CC)C(=O)N(C)[C@H]1CCCC[C@H]1S(C)(=O)=O. The first kappa shape index (κ1) is 16.3. The van der Waals surface area contributed by atoms with Gasteiger partial charge in [-0.3, -0.25) is 0 Å². The van der Waals surface area contributed by atoms with Gasteiger partial charge in [0.15, 0.2) is 9.84 Å². The van der Waals surface area contributed by atoms with Crippen molar-refractivity contribution in [3.8, 4) is 0 Å². The first-order valence-corrected chi connectivity index (χ1v) is 8.99. The van der Waals surface area contributed by atoms with Gasteiger partial charge in [-0.05, 0) is 26.7 Å². The lowest BCUT2D eigenvalue weighted by Crippen LogP contribution is -2.53. The molecule has 0 bridgehead atoms. The van der Waals surface area contributed by atoms with Gasteiger partial charge in [0.1, 0.15) is 0 Å². The first-order valence-electron chi connectivity index (χ1n) is 7.03. The van der Waals surface area contributed by atoms with Crippen LogP contribution in [0.3, 0.4) is 0 Å². The minimum atomic E-state index is -3.11. The van der Waals surface area contributed by atoms with Crippen LogP contribution in [0.2, 0.25) is 0 Å². The lowest BCUT2D eigenvalue weighted by atomic mass is 9.94. The molecule has 0 radical (unpaired) electrons. The predicted molar refractivity (Wildman–Crippen MR) is 77.0 cm³/mol. The highest BCUT2D eigenvalue weighted by Crippen LogP contribution is 2.27. The largest absolute Gasteiger partial charge is 0.325 e. The molecule has 0 heterocycles. The van der Waals surface area contributed by atoms with Crippen molar-refractivity contribution in [1.29, 1.82) is 0 Å². The normalized spacial score (nSPS) is 24.0. The highest BCUT2D eigenvalue weighted by molar-refractivity contribution is 7.91. The van der Waals surface area contributed by atoms with Crippen LogP contribution in [0.25, 0.3) is 0 Å². The standard InChI is InChI=1S/C13H26N2O3S/c1-5-15(6-2)13(16)14(3)11-9-7-8-10-12(11)19(4,17)18/h11-12H,5-10H2,1-4H3/t11-,12+/m0/s1. The lowest BCUT2D eigenvalue weighted by Gasteiger charge is -2.39. The summed E-state index contributed by atoms with van der Waals surface area (Å²) in [7, 11) is -1.37. The van der Waals surface area contributed by atoms with Crippen LogP contribution < -0.4 is 0 Å².